The molecule has 0 atom stereocenters. The minimum absolute atomic E-state index is 0.690. The summed E-state index contributed by atoms with van der Waals surface area (Å²) in [5, 5.41) is 0. The Hall–Kier alpha value is 0.230. The summed E-state index contributed by atoms with van der Waals surface area (Å²) in [6, 6.07) is 0. The minimum Gasteiger partial charge on any atom is -0.382 e. The Morgan fingerprint density at radius 1 is 1.17 bits per heavy atom. The first kappa shape index (κ1) is 12.2. The molecule has 0 heterocycles. The van der Waals surface area contributed by atoms with E-state index in [0.717, 1.165) is 31.1 Å². The number of thioether (sulfide) groups is 1. The quantitative estimate of drug-likeness (QED) is 0.548. The highest BCUT2D eigenvalue weighted by Gasteiger charge is 1.89. The van der Waals surface area contributed by atoms with Crippen molar-refractivity contribution < 1.29 is 9.47 Å². The van der Waals surface area contributed by atoms with Gasteiger partial charge in [0.15, 0.2) is 0 Å². The third-order valence-corrected chi connectivity index (χ3v) is 2.37. The van der Waals surface area contributed by atoms with Crippen LogP contribution in [0.2, 0.25) is 0 Å². The van der Waals surface area contributed by atoms with Crippen molar-refractivity contribution in [2.45, 2.75) is 6.42 Å². The molecule has 0 bridgehead atoms. The fourth-order valence-corrected chi connectivity index (χ4v) is 1.39. The van der Waals surface area contributed by atoms with Crippen molar-refractivity contribution in [3.8, 4) is 0 Å². The summed E-state index contributed by atoms with van der Waals surface area (Å²) in [5.74, 6) is 2.20. The van der Waals surface area contributed by atoms with E-state index in [4.69, 9.17) is 15.2 Å². The maximum atomic E-state index is 5.34. The highest BCUT2D eigenvalue weighted by Crippen LogP contribution is 2.00. The van der Waals surface area contributed by atoms with Gasteiger partial charge in [0.1, 0.15) is 0 Å². The van der Waals surface area contributed by atoms with Gasteiger partial charge in [0.2, 0.25) is 0 Å². The normalized spacial score (nSPS) is 10.5. The second-order valence-corrected chi connectivity index (χ2v) is 3.58. The van der Waals surface area contributed by atoms with Crippen LogP contribution in [0.5, 0.6) is 0 Å². The van der Waals surface area contributed by atoms with Crippen LogP contribution in [0.4, 0.5) is 0 Å². The van der Waals surface area contributed by atoms with E-state index in [1.54, 1.807) is 7.11 Å². The van der Waals surface area contributed by atoms with Crippen LogP contribution in [-0.2, 0) is 9.47 Å². The van der Waals surface area contributed by atoms with Crippen molar-refractivity contribution in [2.24, 2.45) is 5.73 Å². The van der Waals surface area contributed by atoms with Gasteiger partial charge in [-0.05, 0) is 12.2 Å². The molecule has 0 spiro atoms. The molecule has 0 radical (unpaired) electrons. The maximum absolute atomic E-state index is 5.34. The van der Waals surface area contributed by atoms with E-state index in [1.807, 2.05) is 11.8 Å². The molecule has 0 aliphatic carbocycles. The van der Waals surface area contributed by atoms with Crippen molar-refractivity contribution in [2.75, 3.05) is 45.0 Å². The van der Waals surface area contributed by atoms with E-state index in [1.165, 1.54) is 0 Å². The molecule has 0 rings (SSSR count). The Morgan fingerprint density at radius 2 is 2.00 bits per heavy atom. The molecule has 0 aliphatic heterocycles. The maximum Gasteiger partial charge on any atom is 0.0700 e. The van der Waals surface area contributed by atoms with Gasteiger partial charge in [-0.25, -0.2) is 0 Å². The zero-order valence-corrected chi connectivity index (χ0v) is 8.57. The number of methoxy groups -OCH3 is 1. The standard InChI is InChI=1S/C8H19NO2S/c1-10-5-6-11-4-2-7-12-8-3-9/h2-9H2,1H3. The van der Waals surface area contributed by atoms with Crippen molar-refractivity contribution in [1.29, 1.82) is 0 Å². The molecule has 0 fully saturated rings. The van der Waals surface area contributed by atoms with Gasteiger partial charge in [0, 0.05) is 26.0 Å². The first-order valence-electron chi connectivity index (χ1n) is 4.26. The molecule has 0 aromatic heterocycles. The van der Waals surface area contributed by atoms with Crippen LogP contribution in [0.25, 0.3) is 0 Å². The lowest BCUT2D eigenvalue weighted by Crippen LogP contribution is -2.05. The fraction of sp³-hybridized carbons (Fsp3) is 1.00. The molecule has 4 heteroatoms. The monoisotopic (exact) mass is 193 g/mol. The van der Waals surface area contributed by atoms with Gasteiger partial charge in [-0.15, -0.1) is 0 Å². The van der Waals surface area contributed by atoms with E-state index in [-0.39, 0.29) is 0 Å². The summed E-state index contributed by atoms with van der Waals surface area (Å²) in [6.45, 7) is 3.00. The van der Waals surface area contributed by atoms with Crippen molar-refractivity contribution in [3.05, 3.63) is 0 Å². The smallest absolute Gasteiger partial charge is 0.0700 e. The molecule has 2 N–H and O–H groups in total. The molecule has 0 aliphatic rings. The summed E-state index contributed by atoms with van der Waals surface area (Å²) in [4.78, 5) is 0. The molecular formula is C8H19NO2S. The summed E-state index contributed by atoms with van der Waals surface area (Å²) in [6.07, 6.45) is 1.11. The van der Waals surface area contributed by atoms with Gasteiger partial charge < -0.3 is 15.2 Å². The zero-order chi connectivity index (χ0) is 9.07. The lowest BCUT2D eigenvalue weighted by atomic mass is 10.5. The van der Waals surface area contributed by atoms with Crippen LogP contribution < -0.4 is 5.73 Å². The number of nitrogens with two attached hydrogens (primary N) is 1. The van der Waals surface area contributed by atoms with E-state index in [2.05, 4.69) is 0 Å². The summed E-state index contributed by atoms with van der Waals surface area (Å²) in [7, 11) is 1.68. The Labute approximate surface area is 79.0 Å². The van der Waals surface area contributed by atoms with Crippen molar-refractivity contribution >= 4 is 11.8 Å². The second-order valence-electron chi connectivity index (χ2n) is 2.36. The number of rotatable bonds is 9. The molecule has 12 heavy (non-hydrogen) atoms. The molecule has 0 unspecified atom stereocenters. The Bertz CT molecular complexity index is 73.5. The van der Waals surface area contributed by atoms with Gasteiger partial charge >= 0.3 is 0 Å². The van der Waals surface area contributed by atoms with Crippen LogP contribution in [0.3, 0.4) is 0 Å². The van der Waals surface area contributed by atoms with E-state index in [0.29, 0.717) is 13.2 Å². The zero-order valence-electron chi connectivity index (χ0n) is 7.75. The Balaban J connectivity index is 2.73. The van der Waals surface area contributed by atoms with Gasteiger partial charge in [-0.1, -0.05) is 0 Å². The van der Waals surface area contributed by atoms with E-state index in [9.17, 15) is 0 Å². The van der Waals surface area contributed by atoms with Crippen molar-refractivity contribution in [1.82, 2.24) is 0 Å². The topological polar surface area (TPSA) is 44.5 Å². The summed E-state index contributed by atoms with van der Waals surface area (Å²) in [5.41, 5.74) is 5.34. The highest BCUT2D eigenvalue weighted by molar-refractivity contribution is 7.99. The molecule has 0 aromatic rings. The molecule has 0 aromatic carbocycles. The van der Waals surface area contributed by atoms with Crippen LogP contribution in [0.15, 0.2) is 0 Å². The molecule has 3 nitrogen and oxygen atoms in total. The Kier molecular flexibility index (Phi) is 11.4. The number of ether oxygens (including phenoxy) is 2. The minimum atomic E-state index is 0.690. The summed E-state index contributed by atoms with van der Waals surface area (Å²) < 4.78 is 10.1. The number of hydrogen-bond acceptors (Lipinski definition) is 4. The van der Waals surface area contributed by atoms with Crippen molar-refractivity contribution in [3.63, 3.8) is 0 Å². The van der Waals surface area contributed by atoms with Gasteiger partial charge in [0.05, 0.1) is 13.2 Å². The largest absolute Gasteiger partial charge is 0.382 e. The first-order valence-corrected chi connectivity index (χ1v) is 5.41. The van der Waals surface area contributed by atoms with Crippen LogP contribution >= 0.6 is 11.8 Å². The SMILES string of the molecule is COCCOCCCSCCN. The third kappa shape index (κ3) is 10.2. The predicted molar refractivity (Wildman–Crippen MR) is 53.7 cm³/mol. The highest BCUT2D eigenvalue weighted by atomic mass is 32.2. The fourth-order valence-electron chi connectivity index (χ4n) is 0.693. The lowest BCUT2D eigenvalue weighted by molar-refractivity contribution is 0.0713. The Morgan fingerprint density at radius 3 is 2.67 bits per heavy atom. The van der Waals surface area contributed by atoms with Gasteiger partial charge in [0.25, 0.3) is 0 Å². The predicted octanol–water partition coefficient (Wildman–Crippen LogP) is 0.731. The average Bonchev–Trinajstić information content (AvgIpc) is 2.10. The molecule has 0 amide bonds. The van der Waals surface area contributed by atoms with E-state index < -0.39 is 0 Å². The van der Waals surface area contributed by atoms with Crippen LogP contribution in [0.1, 0.15) is 6.42 Å². The second kappa shape index (κ2) is 11.2. The summed E-state index contributed by atoms with van der Waals surface area (Å²) >= 11 is 1.88. The molecule has 0 saturated heterocycles. The van der Waals surface area contributed by atoms with E-state index >= 15 is 0 Å². The number of hydrogen-bond donors (Lipinski definition) is 1. The molecule has 74 valence electrons. The van der Waals surface area contributed by atoms with Gasteiger partial charge in [-0.2, -0.15) is 11.8 Å². The van der Waals surface area contributed by atoms with Crippen LogP contribution in [-0.4, -0.2) is 45.0 Å². The molecule has 0 saturated carbocycles. The first-order chi connectivity index (χ1) is 5.91. The third-order valence-electron chi connectivity index (χ3n) is 1.27. The van der Waals surface area contributed by atoms with Gasteiger partial charge in [-0.3, -0.25) is 0 Å². The van der Waals surface area contributed by atoms with Crippen LogP contribution in [0, 0.1) is 0 Å². The molecular weight excluding hydrogens is 174 g/mol. The average molecular weight is 193 g/mol. The lowest BCUT2D eigenvalue weighted by Gasteiger charge is -2.02.